The quantitative estimate of drug-likeness (QED) is 0.719. The van der Waals surface area contributed by atoms with Gasteiger partial charge < -0.3 is 10.4 Å². The second kappa shape index (κ2) is 3.66. The van der Waals surface area contributed by atoms with E-state index in [-0.39, 0.29) is 12.1 Å². The Hall–Kier alpha value is -0.570. The molecule has 0 spiro atoms. The van der Waals surface area contributed by atoms with E-state index in [9.17, 15) is 5.11 Å². The van der Waals surface area contributed by atoms with Crippen LogP contribution in [0.5, 0.6) is 0 Å². The third kappa shape index (κ3) is 1.85. The van der Waals surface area contributed by atoms with Crippen molar-refractivity contribution >= 4 is 11.6 Å². The van der Waals surface area contributed by atoms with Crippen molar-refractivity contribution in [1.29, 1.82) is 0 Å². The van der Waals surface area contributed by atoms with E-state index in [1.807, 2.05) is 24.3 Å². The van der Waals surface area contributed by atoms with Crippen LogP contribution in [0.4, 0.5) is 0 Å². The summed E-state index contributed by atoms with van der Waals surface area (Å²) >= 11 is 5.77. The number of hydrogen-bond donors (Lipinski definition) is 2. The molecule has 70 valence electrons. The average molecular weight is 198 g/mol. The molecule has 0 aliphatic carbocycles. The van der Waals surface area contributed by atoms with Crippen molar-refractivity contribution in [3.8, 4) is 0 Å². The topological polar surface area (TPSA) is 32.3 Å². The highest BCUT2D eigenvalue weighted by molar-refractivity contribution is 6.30. The second-order valence-corrected chi connectivity index (χ2v) is 3.78. The molecule has 1 saturated heterocycles. The first-order chi connectivity index (χ1) is 6.27. The third-order valence-corrected chi connectivity index (χ3v) is 2.67. The molecule has 1 fully saturated rings. The van der Waals surface area contributed by atoms with E-state index in [1.165, 1.54) is 0 Å². The van der Waals surface area contributed by atoms with Crippen LogP contribution in [0, 0.1) is 0 Å². The minimum atomic E-state index is -0.263. The van der Waals surface area contributed by atoms with Gasteiger partial charge in [0, 0.05) is 5.02 Å². The maximum atomic E-state index is 9.62. The summed E-state index contributed by atoms with van der Waals surface area (Å²) < 4.78 is 0. The fourth-order valence-corrected chi connectivity index (χ4v) is 1.83. The molecule has 0 bridgehead atoms. The van der Waals surface area contributed by atoms with Crippen molar-refractivity contribution < 1.29 is 5.11 Å². The summed E-state index contributed by atoms with van der Waals surface area (Å²) in [6, 6.07) is 7.69. The molecule has 3 heteroatoms. The number of hydrogen-bond acceptors (Lipinski definition) is 2. The maximum absolute atomic E-state index is 9.62. The van der Waals surface area contributed by atoms with Gasteiger partial charge in [0.05, 0.1) is 12.1 Å². The van der Waals surface area contributed by atoms with Crippen LogP contribution >= 0.6 is 11.6 Å². The van der Waals surface area contributed by atoms with Gasteiger partial charge in [-0.15, -0.1) is 0 Å². The molecule has 1 aliphatic rings. The number of benzene rings is 1. The normalized spacial score (nSPS) is 27.8. The summed E-state index contributed by atoms with van der Waals surface area (Å²) in [6.45, 7) is 0.883. The summed E-state index contributed by atoms with van der Waals surface area (Å²) in [6.07, 6.45) is 0.564. The van der Waals surface area contributed by atoms with Crippen LogP contribution in [0.15, 0.2) is 24.3 Å². The van der Waals surface area contributed by atoms with Crippen LogP contribution in [0.25, 0.3) is 0 Å². The number of halogens is 1. The van der Waals surface area contributed by atoms with Gasteiger partial charge in [-0.05, 0) is 30.7 Å². The molecule has 0 radical (unpaired) electrons. The Morgan fingerprint density at radius 2 is 2.00 bits per heavy atom. The first-order valence-corrected chi connectivity index (χ1v) is 4.82. The summed E-state index contributed by atoms with van der Waals surface area (Å²) in [4.78, 5) is 0. The molecular formula is C10H12ClNO. The molecule has 1 aliphatic heterocycles. The molecule has 13 heavy (non-hydrogen) atoms. The van der Waals surface area contributed by atoms with Crippen molar-refractivity contribution in [2.45, 2.75) is 18.6 Å². The molecule has 1 aromatic carbocycles. The van der Waals surface area contributed by atoms with Crippen molar-refractivity contribution in [3.05, 3.63) is 34.9 Å². The third-order valence-electron chi connectivity index (χ3n) is 2.42. The van der Waals surface area contributed by atoms with Crippen LogP contribution < -0.4 is 5.32 Å². The van der Waals surface area contributed by atoms with Crippen molar-refractivity contribution in [1.82, 2.24) is 5.32 Å². The molecule has 2 N–H and O–H groups in total. The van der Waals surface area contributed by atoms with Crippen molar-refractivity contribution in [2.24, 2.45) is 0 Å². The molecule has 2 rings (SSSR count). The predicted molar refractivity (Wildman–Crippen MR) is 52.8 cm³/mol. The van der Waals surface area contributed by atoms with Gasteiger partial charge in [-0.25, -0.2) is 0 Å². The Morgan fingerprint density at radius 3 is 2.54 bits per heavy atom. The Kier molecular flexibility index (Phi) is 2.54. The molecule has 1 heterocycles. The highest BCUT2D eigenvalue weighted by Gasteiger charge is 2.25. The van der Waals surface area contributed by atoms with E-state index in [1.54, 1.807) is 0 Å². The van der Waals surface area contributed by atoms with E-state index in [4.69, 9.17) is 11.6 Å². The predicted octanol–water partition coefficient (Wildman–Crippen LogP) is 1.74. The SMILES string of the molecule is O[C@@H]1CCN[C@H]1c1ccc(Cl)cc1. The van der Waals surface area contributed by atoms with Crippen LogP contribution in [0.1, 0.15) is 18.0 Å². The summed E-state index contributed by atoms with van der Waals surface area (Å²) in [7, 11) is 0. The van der Waals surface area contributed by atoms with Crippen LogP contribution in [0.2, 0.25) is 5.02 Å². The Bertz CT molecular complexity index is 285. The van der Waals surface area contributed by atoms with Gasteiger partial charge in [-0.1, -0.05) is 23.7 Å². The smallest absolute Gasteiger partial charge is 0.0747 e. The number of aliphatic hydroxyl groups excluding tert-OH is 1. The molecule has 2 nitrogen and oxygen atoms in total. The van der Waals surface area contributed by atoms with E-state index in [0.717, 1.165) is 23.6 Å². The lowest BCUT2D eigenvalue weighted by molar-refractivity contribution is 0.160. The second-order valence-electron chi connectivity index (χ2n) is 3.34. The first kappa shape index (κ1) is 9.00. The van der Waals surface area contributed by atoms with Gasteiger partial charge in [0.15, 0.2) is 0 Å². The monoisotopic (exact) mass is 197 g/mol. The van der Waals surface area contributed by atoms with Gasteiger partial charge >= 0.3 is 0 Å². The van der Waals surface area contributed by atoms with E-state index in [0.29, 0.717) is 0 Å². The molecule has 2 atom stereocenters. The molecule has 0 amide bonds. The van der Waals surface area contributed by atoms with Crippen LogP contribution in [-0.2, 0) is 0 Å². The molecular weight excluding hydrogens is 186 g/mol. The Labute approximate surface area is 82.5 Å². The zero-order valence-electron chi connectivity index (χ0n) is 7.20. The minimum absolute atomic E-state index is 0.0808. The van der Waals surface area contributed by atoms with Crippen LogP contribution in [0.3, 0.4) is 0 Å². The molecule has 0 aromatic heterocycles. The number of rotatable bonds is 1. The highest BCUT2D eigenvalue weighted by Crippen LogP contribution is 2.24. The summed E-state index contributed by atoms with van der Waals surface area (Å²) in [5.41, 5.74) is 1.11. The molecule has 0 unspecified atom stereocenters. The van der Waals surface area contributed by atoms with E-state index < -0.39 is 0 Å². The summed E-state index contributed by atoms with van der Waals surface area (Å²) in [5, 5.41) is 13.6. The maximum Gasteiger partial charge on any atom is 0.0747 e. The van der Waals surface area contributed by atoms with Gasteiger partial charge in [-0.3, -0.25) is 0 Å². The fraction of sp³-hybridized carbons (Fsp3) is 0.400. The average Bonchev–Trinajstić information content (AvgIpc) is 2.53. The van der Waals surface area contributed by atoms with Crippen molar-refractivity contribution in [2.75, 3.05) is 6.54 Å². The highest BCUT2D eigenvalue weighted by atomic mass is 35.5. The zero-order chi connectivity index (χ0) is 9.26. The molecule has 0 saturated carbocycles. The lowest BCUT2D eigenvalue weighted by Crippen LogP contribution is -2.20. The van der Waals surface area contributed by atoms with Gasteiger partial charge in [0.2, 0.25) is 0 Å². The van der Waals surface area contributed by atoms with E-state index >= 15 is 0 Å². The lowest BCUT2D eigenvalue weighted by Gasteiger charge is -2.14. The first-order valence-electron chi connectivity index (χ1n) is 4.44. The molecule has 1 aromatic rings. The van der Waals surface area contributed by atoms with Gasteiger partial charge in [-0.2, -0.15) is 0 Å². The fourth-order valence-electron chi connectivity index (χ4n) is 1.70. The lowest BCUT2D eigenvalue weighted by atomic mass is 10.0. The van der Waals surface area contributed by atoms with E-state index in [2.05, 4.69) is 5.32 Å². The van der Waals surface area contributed by atoms with Crippen molar-refractivity contribution in [3.63, 3.8) is 0 Å². The Balaban J connectivity index is 2.20. The largest absolute Gasteiger partial charge is 0.391 e. The van der Waals surface area contributed by atoms with Crippen LogP contribution in [-0.4, -0.2) is 17.8 Å². The minimum Gasteiger partial charge on any atom is -0.391 e. The van der Waals surface area contributed by atoms with Gasteiger partial charge in [0.25, 0.3) is 0 Å². The summed E-state index contributed by atoms with van der Waals surface area (Å²) in [5.74, 6) is 0. The standard InChI is InChI=1S/C10H12ClNO/c11-8-3-1-7(2-4-8)10-9(13)5-6-12-10/h1-4,9-10,12-13H,5-6H2/t9-,10+/m1/s1. The number of nitrogens with one attached hydrogen (secondary N) is 1. The Morgan fingerprint density at radius 1 is 1.31 bits per heavy atom. The zero-order valence-corrected chi connectivity index (χ0v) is 7.96. The number of aliphatic hydroxyl groups is 1. The van der Waals surface area contributed by atoms with Gasteiger partial charge in [0.1, 0.15) is 0 Å².